The first-order valence-electron chi connectivity index (χ1n) is 12.2. The van der Waals surface area contributed by atoms with Crippen molar-refractivity contribution in [3.63, 3.8) is 0 Å². The molecule has 200 valence electrons. The van der Waals surface area contributed by atoms with Gasteiger partial charge in [-0.1, -0.05) is 42.5 Å². The summed E-state index contributed by atoms with van der Waals surface area (Å²) in [7, 11) is -9.58. The number of hydrogen-bond donors (Lipinski definition) is 2. The van der Waals surface area contributed by atoms with Gasteiger partial charge in [-0.3, -0.25) is 9.11 Å². The molecule has 0 bridgehead atoms. The van der Waals surface area contributed by atoms with Crippen molar-refractivity contribution in [1.29, 1.82) is 0 Å². The van der Waals surface area contributed by atoms with Gasteiger partial charge >= 0.3 is 0 Å². The Bertz CT molecular complexity index is 1390. The largest absolute Gasteiger partial charge is 0.372 e. The van der Waals surface area contributed by atoms with E-state index in [2.05, 4.69) is 9.80 Å². The van der Waals surface area contributed by atoms with Crippen LogP contribution in [-0.4, -0.2) is 52.1 Å². The summed E-state index contributed by atoms with van der Waals surface area (Å²) in [6, 6.07) is 18.7. The molecule has 10 heteroatoms. The lowest BCUT2D eigenvalue weighted by molar-refractivity contribution is 0.480. The summed E-state index contributed by atoms with van der Waals surface area (Å²) in [6.07, 6.45) is 0. The molecule has 2 N–H and O–H groups in total. The molecule has 3 aromatic rings. The van der Waals surface area contributed by atoms with Crippen molar-refractivity contribution in [1.82, 2.24) is 0 Å². The maximum atomic E-state index is 12.6. The number of benzene rings is 3. The number of rotatable bonds is 11. The molecule has 0 spiro atoms. The average Bonchev–Trinajstić information content (AvgIpc) is 2.86. The van der Waals surface area contributed by atoms with Gasteiger partial charge in [0.25, 0.3) is 20.2 Å². The molecule has 3 aromatic carbocycles. The lowest BCUT2D eigenvalue weighted by atomic mass is 9.82. The third-order valence-corrected chi connectivity index (χ3v) is 8.33. The predicted molar refractivity (Wildman–Crippen MR) is 147 cm³/mol. The van der Waals surface area contributed by atoms with Crippen LogP contribution in [0.25, 0.3) is 0 Å². The first kappa shape index (κ1) is 28.6. The minimum Gasteiger partial charge on any atom is -0.372 e. The normalized spacial score (nSPS) is 12.1. The summed E-state index contributed by atoms with van der Waals surface area (Å²) in [5.41, 5.74) is 3.60. The Morgan fingerprint density at radius 2 is 1.05 bits per heavy atom. The number of hydrogen-bond acceptors (Lipinski definition) is 6. The second-order valence-electron chi connectivity index (χ2n) is 8.54. The number of nitrogens with zero attached hydrogens (tertiary/aromatic N) is 2. The van der Waals surface area contributed by atoms with Crippen LogP contribution in [0.2, 0.25) is 0 Å². The first-order valence-corrected chi connectivity index (χ1v) is 15.1. The van der Waals surface area contributed by atoms with Crippen LogP contribution in [0.1, 0.15) is 50.3 Å². The second kappa shape index (κ2) is 11.6. The van der Waals surface area contributed by atoms with Gasteiger partial charge in [0.15, 0.2) is 0 Å². The van der Waals surface area contributed by atoms with E-state index in [1.54, 1.807) is 0 Å². The van der Waals surface area contributed by atoms with Crippen LogP contribution in [0.3, 0.4) is 0 Å². The predicted octanol–water partition coefficient (Wildman–Crippen LogP) is 5.05. The Kier molecular flexibility index (Phi) is 9.01. The topological polar surface area (TPSA) is 115 Å². The molecule has 0 aliphatic rings. The molecule has 0 aromatic heterocycles. The van der Waals surface area contributed by atoms with Gasteiger partial charge in [0.05, 0.1) is 9.79 Å². The maximum absolute atomic E-state index is 12.6. The summed E-state index contributed by atoms with van der Waals surface area (Å²) >= 11 is 0. The zero-order valence-corrected chi connectivity index (χ0v) is 23.1. The minimum atomic E-state index is -4.87. The molecular formula is C27H34N2O6S2. The maximum Gasteiger partial charge on any atom is 0.294 e. The number of para-hydroxylation sites is 2. The molecule has 8 nitrogen and oxygen atoms in total. The van der Waals surface area contributed by atoms with Crippen LogP contribution < -0.4 is 9.80 Å². The van der Waals surface area contributed by atoms with Gasteiger partial charge in [-0.2, -0.15) is 16.8 Å². The van der Waals surface area contributed by atoms with E-state index in [0.717, 1.165) is 34.6 Å². The fraction of sp³-hybridized carbons (Fsp3) is 0.333. The molecule has 0 fully saturated rings. The van der Waals surface area contributed by atoms with E-state index in [-0.39, 0.29) is 5.56 Å². The molecule has 0 atom stereocenters. The quantitative estimate of drug-likeness (QED) is 0.254. The van der Waals surface area contributed by atoms with Crippen molar-refractivity contribution in [2.75, 3.05) is 36.0 Å². The summed E-state index contributed by atoms with van der Waals surface area (Å²) < 4.78 is 68.7. The van der Waals surface area contributed by atoms with Crippen molar-refractivity contribution in [2.45, 2.75) is 43.4 Å². The fourth-order valence-corrected chi connectivity index (χ4v) is 6.15. The van der Waals surface area contributed by atoms with Crippen molar-refractivity contribution in [2.24, 2.45) is 0 Å². The van der Waals surface area contributed by atoms with Gasteiger partial charge in [0.2, 0.25) is 0 Å². The lowest BCUT2D eigenvalue weighted by Gasteiger charge is -2.32. The zero-order chi connectivity index (χ0) is 27.4. The Labute approximate surface area is 220 Å². The van der Waals surface area contributed by atoms with Crippen molar-refractivity contribution in [3.05, 3.63) is 83.4 Å². The Morgan fingerprint density at radius 3 is 1.43 bits per heavy atom. The van der Waals surface area contributed by atoms with E-state index in [9.17, 15) is 25.9 Å². The van der Waals surface area contributed by atoms with Gasteiger partial charge in [-0.05, 0) is 68.7 Å². The summed E-state index contributed by atoms with van der Waals surface area (Å²) in [4.78, 5) is 3.12. The van der Waals surface area contributed by atoms with Crippen molar-refractivity contribution < 1.29 is 25.9 Å². The Balaban J connectivity index is 2.50. The molecule has 37 heavy (non-hydrogen) atoms. The molecule has 0 amide bonds. The molecule has 0 unspecified atom stereocenters. The SMILES string of the molecule is CCN(CC)c1ccccc1C(c1ccccc1N(CC)CC)c1ccc(S(=O)(=O)O)cc1S(=O)(=O)O. The van der Waals surface area contributed by atoms with E-state index in [4.69, 9.17) is 0 Å². The summed E-state index contributed by atoms with van der Waals surface area (Å²) in [5.74, 6) is -0.680. The molecule has 0 aliphatic carbocycles. The highest BCUT2D eigenvalue weighted by Crippen LogP contribution is 2.43. The molecule has 0 radical (unpaired) electrons. The highest BCUT2D eigenvalue weighted by Gasteiger charge is 2.31. The van der Waals surface area contributed by atoms with Crippen LogP contribution >= 0.6 is 0 Å². The smallest absolute Gasteiger partial charge is 0.294 e. The van der Waals surface area contributed by atoms with Gasteiger partial charge in [0, 0.05) is 43.5 Å². The average molecular weight is 547 g/mol. The zero-order valence-electron chi connectivity index (χ0n) is 21.5. The first-order chi connectivity index (χ1) is 17.5. The third-order valence-electron chi connectivity index (χ3n) is 6.58. The van der Waals surface area contributed by atoms with Crippen LogP contribution in [0.5, 0.6) is 0 Å². The van der Waals surface area contributed by atoms with Crippen LogP contribution in [0.4, 0.5) is 11.4 Å². The van der Waals surface area contributed by atoms with E-state index in [1.807, 2.05) is 76.2 Å². The minimum absolute atomic E-state index is 0.203. The molecule has 0 saturated heterocycles. The summed E-state index contributed by atoms with van der Waals surface area (Å²) in [5, 5.41) is 0. The van der Waals surface area contributed by atoms with Gasteiger partial charge in [-0.15, -0.1) is 0 Å². The summed E-state index contributed by atoms with van der Waals surface area (Å²) in [6.45, 7) is 11.0. The second-order valence-corrected chi connectivity index (χ2v) is 11.4. The van der Waals surface area contributed by atoms with E-state index >= 15 is 0 Å². The monoisotopic (exact) mass is 546 g/mol. The fourth-order valence-electron chi connectivity index (χ4n) is 4.81. The Hall–Kier alpha value is -2.92. The van der Waals surface area contributed by atoms with E-state index in [1.165, 1.54) is 6.07 Å². The molecule has 0 heterocycles. The molecule has 0 aliphatic heterocycles. The standard InChI is InChI=1S/C27H34N2O6S2/c1-5-28(6-2)24-15-11-9-13-21(24)27(22-14-10-12-16-25(22)29(7-3)8-4)23-18-17-20(36(30,31)32)19-26(23)37(33,34)35/h9-19,27H,5-8H2,1-4H3,(H,30,31,32)(H,33,34,35). The highest BCUT2D eigenvalue weighted by atomic mass is 32.2. The molecule has 3 rings (SSSR count). The molecule has 0 saturated carbocycles. The van der Waals surface area contributed by atoms with E-state index < -0.39 is 35.9 Å². The van der Waals surface area contributed by atoms with Crippen molar-refractivity contribution in [3.8, 4) is 0 Å². The van der Waals surface area contributed by atoms with Crippen molar-refractivity contribution >= 4 is 31.6 Å². The number of anilines is 2. The van der Waals surface area contributed by atoms with Gasteiger partial charge in [-0.25, -0.2) is 0 Å². The third kappa shape index (κ3) is 6.15. The van der Waals surface area contributed by atoms with E-state index in [0.29, 0.717) is 26.2 Å². The Morgan fingerprint density at radius 1 is 0.622 bits per heavy atom. The molecular weight excluding hydrogens is 512 g/mol. The lowest BCUT2D eigenvalue weighted by Crippen LogP contribution is -2.26. The van der Waals surface area contributed by atoms with Crippen LogP contribution in [0, 0.1) is 0 Å². The van der Waals surface area contributed by atoms with Gasteiger partial charge < -0.3 is 9.80 Å². The van der Waals surface area contributed by atoms with Gasteiger partial charge in [0.1, 0.15) is 0 Å². The van der Waals surface area contributed by atoms with Crippen LogP contribution in [-0.2, 0) is 20.2 Å². The van der Waals surface area contributed by atoms with Crippen LogP contribution in [0.15, 0.2) is 76.5 Å². The highest BCUT2D eigenvalue weighted by molar-refractivity contribution is 7.86.